The van der Waals surface area contributed by atoms with E-state index in [4.69, 9.17) is 15.7 Å². The van der Waals surface area contributed by atoms with E-state index < -0.39 is 0 Å². The van der Waals surface area contributed by atoms with Gasteiger partial charge in [-0.3, -0.25) is 4.79 Å². The molecular weight excluding hydrogens is 242 g/mol. The highest BCUT2D eigenvalue weighted by Crippen LogP contribution is 2.19. The number of rotatable bonds is 7. The molecular formula is C14H19N3O2. The molecule has 0 aliphatic heterocycles. The number of hydrogen-bond acceptors (Lipinski definition) is 4. The van der Waals surface area contributed by atoms with E-state index in [9.17, 15) is 4.79 Å². The standard InChI is InChI=1S/C14H19N3O2/c1-2-12(16)9-11-5-3-4-6-13(11)19-10-14(18)17-8-7-15/h3-6,12H,2,8-10,16H2,1H3,(H,17,18). The highest BCUT2D eigenvalue weighted by atomic mass is 16.5. The maximum Gasteiger partial charge on any atom is 0.258 e. The Morgan fingerprint density at radius 2 is 2.26 bits per heavy atom. The molecule has 1 aromatic rings. The molecule has 0 saturated carbocycles. The van der Waals surface area contributed by atoms with E-state index in [1.54, 1.807) is 0 Å². The molecule has 0 heterocycles. The van der Waals surface area contributed by atoms with E-state index in [0.717, 1.165) is 12.0 Å². The molecule has 1 unspecified atom stereocenters. The number of nitriles is 1. The Labute approximate surface area is 113 Å². The van der Waals surface area contributed by atoms with E-state index in [2.05, 4.69) is 5.32 Å². The van der Waals surface area contributed by atoms with Crippen LogP contribution in [-0.4, -0.2) is 25.1 Å². The first-order valence-corrected chi connectivity index (χ1v) is 6.27. The van der Waals surface area contributed by atoms with Crippen LogP contribution in [0, 0.1) is 11.3 Å². The van der Waals surface area contributed by atoms with Gasteiger partial charge in [0.15, 0.2) is 6.61 Å². The predicted molar refractivity (Wildman–Crippen MR) is 72.5 cm³/mol. The van der Waals surface area contributed by atoms with Crippen molar-refractivity contribution in [1.29, 1.82) is 5.26 Å². The van der Waals surface area contributed by atoms with Crippen LogP contribution in [0.5, 0.6) is 5.75 Å². The summed E-state index contributed by atoms with van der Waals surface area (Å²) in [7, 11) is 0. The Bertz CT molecular complexity index is 454. The van der Waals surface area contributed by atoms with Crippen LogP contribution < -0.4 is 15.8 Å². The van der Waals surface area contributed by atoms with Gasteiger partial charge in [0.05, 0.1) is 6.07 Å². The summed E-state index contributed by atoms with van der Waals surface area (Å²) in [4.78, 5) is 11.4. The number of nitrogens with two attached hydrogens (primary N) is 1. The Balaban J connectivity index is 2.58. The van der Waals surface area contributed by atoms with Gasteiger partial charge in [-0.15, -0.1) is 0 Å². The average molecular weight is 261 g/mol. The van der Waals surface area contributed by atoms with Crippen LogP contribution in [0.4, 0.5) is 0 Å². The summed E-state index contributed by atoms with van der Waals surface area (Å²) >= 11 is 0. The minimum atomic E-state index is -0.309. The lowest BCUT2D eigenvalue weighted by Crippen LogP contribution is -2.29. The zero-order valence-corrected chi connectivity index (χ0v) is 11.1. The zero-order valence-electron chi connectivity index (χ0n) is 11.1. The third-order valence-corrected chi connectivity index (χ3v) is 2.70. The van der Waals surface area contributed by atoms with E-state index >= 15 is 0 Å². The number of benzene rings is 1. The first-order chi connectivity index (χ1) is 9.17. The van der Waals surface area contributed by atoms with E-state index in [1.165, 1.54) is 0 Å². The molecule has 0 radical (unpaired) electrons. The number of para-hydroxylation sites is 1. The van der Waals surface area contributed by atoms with Gasteiger partial charge in [0, 0.05) is 6.04 Å². The smallest absolute Gasteiger partial charge is 0.258 e. The van der Waals surface area contributed by atoms with Gasteiger partial charge in [-0.1, -0.05) is 25.1 Å². The molecule has 102 valence electrons. The van der Waals surface area contributed by atoms with Crippen molar-refractivity contribution in [3.63, 3.8) is 0 Å². The number of hydrogen-bond donors (Lipinski definition) is 2. The highest BCUT2D eigenvalue weighted by Gasteiger charge is 2.09. The Hall–Kier alpha value is -2.06. The van der Waals surface area contributed by atoms with E-state index in [1.807, 2.05) is 37.3 Å². The second kappa shape index (κ2) is 8.11. The largest absolute Gasteiger partial charge is 0.483 e. The lowest BCUT2D eigenvalue weighted by atomic mass is 10.0. The summed E-state index contributed by atoms with van der Waals surface area (Å²) in [6.07, 6.45) is 1.60. The second-order valence-electron chi connectivity index (χ2n) is 4.20. The van der Waals surface area contributed by atoms with Crippen molar-refractivity contribution < 1.29 is 9.53 Å². The molecule has 0 fully saturated rings. The van der Waals surface area contributed by atoms with Crippen LogP contribution >= 0.6 is 0 Å². The molecule has 0 bridgehead atoms. The zero-order chi connectivity index (χ0) is 14.1. The summed E-state index contributed by atoms with van der Waals surface area (Å²) in [6.45, 7) is 1.92. The Kier molecular flexibility index (Phi) is 6.41. The Morgan fingerprint density at radius 1 is 1.53 bits per heavy atom. The fourth-order valence-corrected chi connectivity index (χ4v) is 1.57. The maximum atomic E-state index is 11.4. The molecule has 0 aromatic heterocycles. The number of nitrogens with one attached hydrogen (secondary N) is 1. The monoisotopic (exact) mass is 261 g/mol. The molecule has 0 aliphatic rings. The fourth-order valence-electron chi connectivity index (χ4n) is 1.57. The van der Waals surface area contributed by atoms with Crippen LogP contribution in [0.2, 0.25) is 0 Å². The third-order valence-electron chi connectivity index (χ3n) is 2.70. The number of amides is 1. The van der Waals surface area contributed by atoms with Crippen LogP contribution in [0.25, 0.3) is 0 Å². The average Bonchev–Trinajstić information content (AvgIpc) is 2.44. The van der Waals surface area contributed by atoms with Crippen molar-refractivity contribution in [3.8, 4) is 11.8 Å². The van der Waals surface area contributed by atoms with Gasteiger partial charge in [0.2, 0.25) is 0 Å². The number of ether oxygens (including phenoxy) is 1. The van der Waals surface area contributed by atoms with Crippen molar-refractivity contribution in [3.05, 3.63) is 29.8 Å². The molecule has 5 nitrogen and oxygen atoms in total. The number of nitrogens with zero attached hydrogens (tertiary/aromatic N) is 1. The molecule has 5 heteroatoms. The molecule has 19 heavy (non-hydrogen) atoms. The van der Waals surface area contributed by atoms with Crippen molar-refractivity contribution in [1.82, 2.24) is 5.32 Å². The van der Waals surface area contributed by atoms with Crippen LogP contribution in [0.3, 0.4) is 0 Å². The maximum absolute atomic E-state index is 11.4. The predicted octanol–water partition coefficient (Wildman–Crippen LogP) is 0.985. The fraction of sp³-hybridized carbons (Fsp3) is 0.429. The van der Waals surface area contributed by atoms with Crippen LogP contribution in [-0.2, 0) is 11.2 Å². The molecule has 0 saturated heterocycles. The lowest BCUT2D eigenvalue weighted by molar-refractivity contribution is -0.122. The van der Waals surface area contributed by atoms with Crippen LogP contribution in [0.15, 0.2) is 24.3 Å². The molecule has 0 spiro atoms. The second-order valence-corrected chi connectivity index (χ2v) is 4.20. The van der Waals surface area contributed by atoms with Gasteiger partial charge in [0.1, 0.15) is 12.3 Å². The SMILES string of the molecule is CCC(N)Cc1ccccc1OCC(=O)NCC#N. The number of carbonyl (C=O) groups excluding carboxylic acids is 1. The molecule has 3 N–H and O–H groups in total. The van der Waals surface area contributed by atoms with Gasteiger partial charge in [-0.2, -0.15) is 5.26 Å². The topological polar surface area (TPSA) is 88.1 Å². The van der Waals surface area contributed by atoms with Crippen LogP contribution in [0.1, 0.15) is 18.9 Å². The van der Waals surface area contributed by atoms with Gasteiger partial charge in [-0.25, -0.2) is 0 Å². The van der Waals surface area contributed by atoms with Crippen molar-refractivity contribution in [2.45, 2.75) is 25.8 Å². The van der Waals surface area contributed by atoms with Gasteiger partial charge >= 0.3 is 0 Å². The lowest BCUT2D eigenvalue weighted by Gasteiger charge is -2.14. The minimum Gasteiger partial charge on any atom is -0.483 e. The number of carbonyl (C=O) groups is 1. The summed E-state index contributed by atoms with van der Waals surface area (Å²) in [5.41, 5.74) is 6.92. The minimum absolute atomic E-state index is 0.00938. The van der Waals surface area contributed by atoms with Gasteiger partial charge < -0.3 is 15.8 Å². The first kappa shape index (κ1) is 15.0. The first-order valence-electron chi connectivity index (χ1n) is 6.27. The molecule has 1 rings (SSSR count). The quantitative estimate of drug-likeness (QED) is 0.716. The highest BCUT2D eigenvalue weighted by molar-refractivity contribution is 5.77. The van der Waals surface area contributed by atoms with E-state index in [0.29, 0.717) is 12.2 Å². The molecule has 1 atom stereocenters. The molecule has 1 aromatic carbocycles. The van der Waals surface area contributed by atoms with E-state index in [-0.39, 0.29) is 25.1 Å². The van der Waals surface area contributed by atoms with Gasteiger partial charge in [0.25, 0.3) is 5.91 Å². The van der Waals surface area contributed by atoms with Crippen molar-refractivity contribution >= 4 is 5.91 Å². The van der Waals surface area contributed by atoms with Crippen molar-refractivity contribution in [2.24, 2.45) is 5.73 Å². The molecule has 0 aliphatic carbocycles. The third kappa shape index (κ3) is 5.40. The normalized spacial score (nSPS) is 11.4. The summed E-state index contributed by atoms with van der Waals surface area (Å²) in [5.74, 6) is 0.356. The van der Waals surface area contributed by atoms with Crippen molar-refractivity contribution in [2.75, 3.05) is 13.2 Å². The summed E-state index contributed by atoms with van der Waals surface area (Å²) in [6, 6.07) is 9.44. The molecule has 1 amide bonds. The summed E-state index contributed by atoms with van der Waals surface area (Å²) < 4.78 is 5.46. The summed E-state index contributed by atoms with van der Waals surface area (Å²) in [5, 5.41) is 10.8. The van der Waals surface area contributed by atoms with Gasteiger partial charge in [-0.05, 0) is 24.5 Å². The Morgan fingerprint density at radius 3 is 2.95 bits per heavy atom.